The number of pyridine rings is 1. The van der Waals surface area contributed by atoms with Crippen LogP contribution in [0.25, 0.3) is 0 Å². The van der Waals surface area contributed by atoms with Crippen molar-refractivity contribution >= 4 is 11.9 Å². The van der Waals surface area contributed by atoms with Gasteiger partial charge in [0.2, 0.25) is 5.90 Å². The fourth-order valence-corrected chi connectivity index (χ4v) is 2.50. The molecule has 1 spiro atoms. The zero-order valence-electron chi connectivity index (χ0n) is 9.56. The van der Waals surface area contributed by atoms with Crippen molar-refractivity contribution < 1.29 is 9.53 Å². The van der Waals surface area contributed by atoms with Crippen molar-refractivity contribution in [1.29, 1.82) is 0 Å². The van der Waals surface area contributed by atoms with E-state index in [1.54, 1.807) is 6.20 Å². The molecule has 88 valence electrons. The lowest BCUT2D eigenvalue weighted by Gasteiger charge is -2.25. The third-order valence-electron chi connectivity index (χ3n) is 3.45. The van der Waals surface area contributed by atoms with Gasteiger partial charge in [-0.2, -0.15) is 0 Å². The van der Waals surface area contributed by atoms with Gasteiger partial charge in [0.1, 0.15) is 5.69 Å². The third-order valence-corrected chi connectivity index (χ3v) is 3.45. The summed E-state index contributed by atoms with van der Waals surface area (Å²) >= 11 is 0. The van der Waals surface area contributed by atoms with E-state index in [2.05, 4.69) is 9.98 Å². The number of hydrogen-bond donors (Lipinski definition) is 0. The molecule has 3 rings (SSSR count). The van der Waals surface area contributed by atoms with Crippen LogP contribution in [0, 0.1) is 0 Å². The molecule has 0 saturated heterocycles. The van der Waals surface area contributed by atoms with Crippen LogP contribution in [0.3, 0.4) is 0 Å². The minimum Gasteiger partial charge on any atom is -0.404 e. The Balaban J connectivity index is 1.94. The van der Waals surface area contributed by atoms with Gasteiger partial charge in [-0.25, -0.2) is 9.79 Å². The smallest absolute Gasteiger partial charge is 0.340 e. The molecule has 0 atom stereocenters. The zero-order valence-corrected chi connectivity index (χ0v) is 9.56. The quantitative estimate of drug-likeness (QED) is 0.694. The Kier molecular flexibility index (Phi) is 2.42. The lowest BCUT2D eigenvalue weighted by Crippen LogP contribution is -2.35. The standard InChI is InChI=1S/C13H14N2O2/c16-12-13(7-3-1-4-8-13)15-11(17-12)10-6-2-5-9-14-10/h2,5-6,9H,1,3-4,7-8H2. The van der Waals surface area contributed by atoms with Gasteiger partial charge < -0.3 is 4.74 Å². The number of esters is 1. The zero-order chi connectivity index (χ0) is 11.7. The van der Waals surface area contributed by atoms with Crippen molar-refractivity contribution in [2.75, 3.05) is 0 Å². The average molecular weight is 230 g/mol. The van der Waals surface area contributed by atoms with Gasteiger partial charge in [-0.3, -0.25) is 4.98 Å². The molecular formula is C13H14N2O2. The van der Waals surface area contributed by atoms with Crippen molar-refractivity contribution in [2.45, 2.75) is 37.6 Å². The van der Waals surface area contributed by atoms with E-state index in [1.165, 1.54) is 6.42 Å². The summed E-state index contributed by atoms with van der Waals surface area (Å²) in [4.78, 5) is 20.6. The Hall–Kier alpha value is -1.71. The van der Waals surface area contributed by atoms with Gasteiger partial charge >= 0.3 is 5.97 Å². The predicted octanol–water partition coefficient (Wildman–Crippen LogP) is 2.09. The molecule has 0 amide bonds. The summed E-state index contributed by atoms with van der Waals surface area (Å²) in [6, 6.07) is 5.51. The monoisotopic (exact) mass is 230 g/mol. The Bertz CT molecular complexity index is 462. The number of aliphatic imine (C=N–C) groups is 1. The molecule has 0 bridgehead atoms. The molecule has 2 aliphatic rings. The molecule has 1 saturated carbocycles. The average Bonchev–Trinajstić information content (AvgIpc) is 2.69. The minimum absolute atomic E-state index is 0.196. The Morgan fingerprint density at radius 3 is 2.71 bits per heavy atom. The van der Waals surface area contributed by atoms with E-state index in [-0.39, 0.29) is 5.97 Å². The second-order valence-electron chi connectivity index (χ2n) is 4.61. The normalized spacial score (nSPS) is 22.4. The fourth-order valence-electron chi connectivity index (χ4n) is 2.50. The Morgan fingerprint density at radius 1 is 1.18 bits per heavy atom. The van der Waals surface area contributed by atoms with Crippen molar-refractivity contribution in [2.24, 2.45) is 4.99 Å². The largest absolute Gasteiger partial charge is 0.404 e. The van der Waals surface area contributed by atoms with Crippen LogP contribution in [0.1, 0.15) is 37.8 Å². The molecule has 0 N–H and O–H groups in total. The van der Waals surface area contributed by atoms with Crippen LogP contribution in [-0.2, 0) is 9.53 Å². The molecule has 4 nitrogen and oxygen atoms in total. The summed E-state index contributed by atoms with van der Waals surface area (Å²) in [5.41, 5.74) is 0.0359. The summed E-state index contributed by atoms with van der Waals surface area (Å²) in [7, 11) is 0. The first-order valence-electron chi connectivity index (χ1n) is 6.04. The lowest BCUT2D eigenvalue weighted by molar-refractivity contribution is -0.140. The van der Waals surface area contributed by atoms with Gasteiger partial charge in [0, 0.05) is 6.20 Å². The number of carbonyl (C=O) groups is 1. The first-order chi connectivity index (χ1) is 8.30. The molecule has 0 unspecified atom stereocenters. The molecule has 1 aliphatic carbocycles. The summed E-state index contributed by atoms with van der Waals surface area (Å²) in [5.74, 6) is 0.190. The maximum absolute atomic E-state index is 12.0. The summed E-state index contributed by atoms with van der Waals surface area (Å²) in [6.07, 6.45) is 6.58. The number of carbonyl (C=O) groups excluding carboxylic acids is 1. The minimum atomic E-state index is -0.606. The maximum atomic E-state index is 12.0. The summed E-state index contributed by atoms with van der Waals surface area (Å²) < 4.78 is 5.29. The molecular weight excluding hydrogens is 216 g/mol. The number of cyclic esters (lactones) is 1. The third kappa shape index (κ3) is 1.73. The van der Waals surface area contributed by atoms with Crippen LogP contribution in [0.5, 0.6) is 0 Å². The maximum Gasteiger partial charge on any atom is 0.340 e. The first-order valence-corrected chi connectivity index (χ1v) is 6.04. The second-order valence-corrected chi connectivity index (χ2v) is 4.61. The molecule has 1 aromatic rings. The van der Waals surface area contributed by atoms with Crippen LogP contribution in [-0.4, -0.2) is 22.4 Å². The molecule has 1 fully saturated rings. The van der Waals surface area contributed by atoms with Crippen LogP contribution < -0.4 is 0 Å². The van der Waals surface area contributed by atoms with Gasteiger partial charge in [0.05, 0.1) is 0 Å². The van der Waals surface area contributed by atoms with E-state index >= 15 is 0 Å². The van der Waals surface area contributed by atoms with E-state index in [1.807, 2.05) is 18.2 Å². The Labute approximate surface area is 99.7 Å². The number of nitrogens with zero attached hydrogens (tertiary/aromatic N) is 2. The molecule has 0 aromatic carbocycles. The highest BCUT2D eigenvalue weighted by Crippen LogP contribution is 2.36. The van der Waals surface area contributed by atoms with Crippen LogP contribution >= 0.6 is 0 Å². The molecule has 4 heteroatoms. The van der Waals surface area contributed by atoms with Crippen molar-refractivity contribution in [3.8, 4) is 0 Å². The van der Waals surface area contributed by atoms with E-state index in [4.69, 9.17) is 4.74 Å². The lowest BCUT2D eigenvalue weighted by atomic mass is 9.83. The summed E-state index contributed by atoms with van der Waals surface area (Å²) in [6.45, 7) is 0. The molecule has 0 radical (unpaired) electrons. The molecule has 2 heterocycles. The number of rotatable bonds is 1. The number of aromatic nitrogens is 1. The van der Waals surface area contributed by atoms with E-state index in [0.29, 0.717) is 11.6 Å². The van der Waals surface area contributed by atoms with E-state index < -0.39 is 5.54 Å². The van der Waals surface area contributed by atoms with Gasteiger partial charge in [0.15, 0.2) is 5.54 Å². The van der Waals surface area contributed by atoms with Crippen molar-refractivity contribution in [1.82, 2.24) is 4.98 Å². The number of hydrogen-bond acceptors (Lipinski definition) is 4. The van der Waals surface area contributed by atoms with Crippen LogP contribution in [0.15, 0.2) is 29.4 Å². The second kappa shape index (κ2) is 3.95. The topological polar surface area (TPSA) is 51.5 Å². The van der Waals surface area contributed by atoms with Crippen molar-refractivity contribution in [3.63, 3.8) is 0 Å². The predicted molar refractivity (Wildman–Crippen MR) is 62.7 cm³/mol. The number of ether oxygens (including phenoxy) is 1. The van der Waals surface area contributed by atoms with Gasteiger partial charge in [-0.1, -0.05) is 25.3 Å². The van der Waals surface area contributed by atoms with Crippen LogP contribution in [0.4, 0.5) is 0 Å². The first kappa shape index (κ1) is 10.4. The van der Waals surface area contributed by atoms with Crippen LogP contribution in [0.2, 0.25) is 0 Å². The Morgan fingerprint density at radius 2 is 2.00 bits per heavy atom. The SMILES string of the molecule is O=C1OC(c2ccccn2)=NC12CCCCC2. The summed E-state index contributed by atoms with van der Waals surface area (Å²) in [5, 5.41) is 0. The van der Waals surface area contributed by atoms with Gasteiger partial charge in [-0.05, 0) is 25.0 Å². The van der Waals surface area contributed by atoms with E-state index in [9.17, 15) is 4.79 Å². The highest BCUT2D eigenvalue weighted by molar-refractivity contribution is 6.06. The van der Waals surface area contributed by atoms with Gasteiger partial charge in [-0.15, -0.1) is 0 Å². The van der Waals surface area contributed by atoms with Crippen molar-refractivity contribution in [3.05, 3.63) is 30.1 Å². The fraction of sp³-hybridized carbons (Fsp3) is 0.462. The molecule has 1 aromatic heterocycles. The highest BCUT2D eigenvalue weighted by Gasteiger charge is 2.46. The molecule has 1 aliphatic heterocycles. The van der Waals surface area contributed by atoms with Gasteiger partial charge in [0.25, 0.3) is 0 Å². The highest BCUT2D eigenvalue weighted by atomic mass is 16.6. The van der Waals surface area contributed by atoms with E-state index in [0.717, 1.165) is 25.7 Å². The molecule has 17 heavy (non-hydrogen) atoms.